The Bertz CT molecular complexity index is 1620. The number of aromatic nitrogens is 2. The third-order valence-electron chi connectivity index (χ3n) is 6.82. The predicted molar refractivity (Wildman–Crippen MR) is 130 cm³/mol. The lowest BCUT2D eigenvalue weighted by Crippen LogP contribution is -2.42. The van der Waals surface area contributed by atoms with E-state index < -0.39 is 57.9 Å². The summed E-state index contributed by atoms with van der Waals surface area (Å²) < 4.78 is 56.1. The Labute approximate surface area is 213 Å². The van der Waals surface area contributed by atoms with Crippen LogP contribution < -0.4 is 16.1 Å². The molecule has 3 aromatic rings. The number of alkyl halides is 3. The molecule has 1 amide bonds. The van der Waals surface area contributed by atoms with Crippen molar-refractivity contribution in [3.8, 4) is 5.69 Å². The standard InChI is InChI=1S/C26H23F4N3O5/c1-5-14-17(9-10-18-20(14)25(2,3)23(37)31(18)4)32-12-15(22(35)36)21(34)33(24(32)38)11-13-7-6-8-16(27)19(13)26(28,29)30/h6-10,12H,5,11H2,1-4H3,(H,35,36). The van der Waals surface area contributed by atoms with Crippen molar-refractivity contribution in [3.05, 3.63) is 91.0 Å². The van der Waals surface area contributed by atoms with Crippen LogP contribution in [0.2, 0.25) is 0 Å². The summed E-state index contributed by atoms with van der Waals surface area (Å²) in [7, 11) is 1.60. The van der Waals surface area contributed by atoms with Gasteiger partial charge in [-0.15, -0.1) is 0 Å². The number of halogens is 4. The summed E-state index contributed by atoms with van der Waals surface area (Å²) in [5.41, 5.74) is -4.81. The average molecular weight is 533 g/mol. The topological polar surface area (TPSA) is 102 Å². The van der Waals surface area contributed by atoms with E-state index in [4.69, 9.17) is 0 Å². The first-order valence-corrected chi connectivity index (χ1v) is 11.5. The van der Waals surface area contributed by atoms with Crippen LogP contribution in [0.3, 0.4) is 0 Å². The molecule has 2 aromatic carbocycles. The summed E-state index contributed by atoms with van der Waals surface area (Å²) in [6.07, 6.45) is -4.01. The number of hydrogen-bond acceptors (Lipinski definition) is 4. The van der Waals surface area contributed by atoms with Crippen molar-refractivity contribution in [1.82, 2.24) is 9.13 Å². The summed E-state index contributed by atoms with van der Waals surface area (Å²) in [6.45, 7) is 4.15. The summed E-state index contributed by atoms with van der Waals surface area (Å²) in [5, 5.41) is 9.66. The number of nitrogens with zero attached hydrogens (tertiary/aromatic N) is 3. The first-order valence-electron chi connectivity index (χ1n) is 11.5. The number of fused-ring (bicyclic) bond motifs is 1. The minimum Gasteiger partial charge on any atom is -0.477 e. The Balaban J connectivity index is 2.03. The van der Waals surface area contributed by atoms with Gasteiger partial charge in [-0.2, -0.15) is 13.2 Å². The summed E-state index contributed by atoms with van der Waals surface area (Å²) in [6, 6.07) is 5.56. The molecule has 0 saturated heterocycles. The predicted octanol–water partition coefficient (Wildman–Crippen LogP) is 3.72. The lowest BCUT2D eigenvalue weighted by Gasteiger charge is -2.22. The number of carbonyl (C=O) groups excluding carboxylic acids is 1. The molecule has 0 aliphatic carbocycles. The van der Waals surface area contributed by atoms with Crippen LogP contribution in [-0.2, 0) is 29.4 Å². The van der Waals surface area contributed by atoms with Gasteiger partial charge in [0.05, 0.1) is 23.2 Å². The molecule has 38 heavy (non-hydrogen) atoms. The number of amides is 1. The Morgan fingerprint density at radius 2 is 1.68 bits per heavy atom. The second-order valence-electron chi connectivity index (χ2n) is 9.46. The van der Waals surface area contributed by atoms with Crippen LogP contribution in [0.1, 0.15) is 53.4 Å². The zero-order chi connectivity index (χ0) is 28.3. The lowest BCUT2D eigenvalue weighted by molar-refractivity contribution is -0.140. The molecular formula is C26H23F4N3O5. The number of carboxylic acid groups (broad SMARTS) is 1. The molecule has 0 spiro atoms. The van der Waals surface area contributed by atoms with E-state index in [2.05, 4.69) is 0 Å². The fraction of sp³-hybridized carbons (Fsp3) is 0.308. The Morgan fingerprint density at radius 3 is 2.26 bits per heavy atom. The average Bonchev–Trinajstić information content (AvgIpc) is 3.00. The van der Waals surface area contributed by atoms with E-state index in [0.29, 0.717) is 33.9 Å². The number of aromatic carboxylic acids is 1. The van der Waals surface area contributed by atoms with E-state index in [1.165, 1.54) is 11.0 Å². The Morgan fingerprint density at radius 1 is 1.05 bits per heavy atom. The second kappa shape index (κ2) is 8.96. The van der Waals surface area contributed by atoms with Crippen LogP contribution >= 0.6 is 0 Å². The number of carbonyl (C=O) groups is 2. The van der Waals surface area contributed by atoms with Gasteiger partial charge in [0.2, 0.25) is 5.91 Å². The van der Waals surface area contributed by atoms with Crippen molar-refractivity contribution < 1.29 is 32.3 Å². The minimum absolute atomic E-state index is 0.166. The molecule has 0 atom stereocenters. The van der Waals surface area contributed by atoms with Crippen molar-refractivity contribution in [2.45, 2.75) is 45.3 Å². The van der Waals surface area contributed by atoms with Crippen molar-refractivity contribution >= 4 is 17.6 Å². The van der Waals surface area contributed by atoms with Crippen molar-refractivity contribution in [1.29, 1.82) is 0 Å². The molecular weight excluding hydrogens is 510 g/mol. The second-order valence-corrected chi connectivity index (χ2v) is 9.46. The maximum Gasteiger partial charge on any atom is 0.419 e. The first kappa shape index (κ1) is 26.8. The molecule has 1 aromatic heterocycles. The molecule has 1 N–H and O–H groups in total. The van der Waals surface area contributed by atoms with Gasteiger partial charge in [-0.05, 0) is 55.2 Å². The number of rotatable bonds is 5. The highest BCUT2D eigenvalue weighted by Gasteiger charge is 2.44. The third kappa shape index (κ3) is 4.00. The van der Waals surface area contributed by atoms with Crippen molar-refractivity contribution in [2.75, 3.05) is 11.9 Å². The van der Waals surface area contributed by atoms with Crippen LogP contribution in [0.25, 0.3) is 5.69 Å². The number of benzene rings is 2. The molecule has 0 bridgehead atoms. The van der Waals surface area contributed by atoms with Gasteiger partial charge in [-0.1, -0.05) is 19.1 Å². The van der Waals surface area contributed by atoms with Gasteiger partial charge in [0.25, 0.3) is 5.56 Å². The van der Waals surface area contributed by atoms with Crippen molar-refractivity contribution in [3.63, 3.8) is 0 Å². The summed E-state index contributed by atoms with van der Waals surface area (Å²) >= 11 is 0. The van der Waals surface area contributed by atoms with Crippen LogP contribution in [0.4, 0.5) is 23.2 Å². The molecule has 2 heterocycles. The van der Waals surface area contributed by atoms with E-state index in [9.17, 15) is 41.8 Å². The number of hydrogen-bond donors (Lipinski definition) is 1. The lowest BCUT2D eigenvalue weighted by atomic mass is 9.82. The molecule has 0 saturated carbocycles. The molecule has 0 unspecified atom stereocenters. The molecule has 12 heteroatoms. The van der Waals surface area contributed by atoms with Crippen molar-refractivity contribution in [2.24, 2.45) is 0 Å². The molecule has 1 aliphatic rings. The summed E-state index contributed by atoms with van der Waals surface area (Å²) in [4.78, 5) is 52.7. The highest BCUT2D eigenvalue weighted by Crippen LogP contribution is 2.44. The number of likely N-dealkylation sites (N-methyl/N-ethyl adjacent to an activating group) is 1. The van der Waals surface area contributed by atoms with Gasteiger partial charge in [0.1, 0.15) is 11.4 Å². The van der Waals surface area contributed by atoms with Crippen LogP contribution in [0, 0.1) is 5.82 Å². The number of carboxylic acids is 1. The highest BCUT2D eigenvalue weighted by atomic mass is 19.4. The smallest absolute Gasteiger partial charge is 0.419 e. The highest BCUT2D eigenvalue weighted by molar-refractivity contribution is 6.08. The first-order chi connectivity index (χ1) is 17.6. The number of anilines is 1. The zero-order valence-electron chi connectivity index (χ0n) is 20.8. The molecule has 4 rings (SSSR count). The molecule has 0 radical (unpaired) electrons. The van der Waals surface area contributed by atoms with Gasteiger partial charge in [-0.3, -0.25) is 18.7 Å². The van der Waals surface area contributed by atoms with Crippen LogP contribution in [0.5, 0.6) is 0 Å². The Hall–Kier alpha value is -4.22. The molecule has 1 aliphatic heterocycles. The fourth-order valence-corrected chi connectivity index (χ4v) is 5.07. The van der Waals surface area contributed by atoms with Gasteiger partial charge in [0.15, 0.2) is 0 Å². The third-order valence-corrected chi connectivity index (χ3v) is 6.82. The monoisotopic (exact) mass is 533 g/mol. The molecule has 0 fully saturated rings. The van der Waals surface area contributed by atoms with Crippen LogP contribution in [-0.4, -0.2) is 33.2 Å². The SMILES string of the molecule is CCc1c(-n2cc(C(=O)O)c(=O)n(Cc3cccc(F)c3C(F)(F)F)c2=O)ccc2c1C(C)(C)C(=O)N2C. The molecule has 200 valence electrons. The largest absolute Gasteiger partial charge is 0.477 e. The quantitative estimate of drug-likeness (QED) is 0.504. The minimum atomic E-state index is -5.13. The van der Waals surface area contributed by atoms with E-state index in [0.717, 1.165) is 22.9 Å². The maximum absolute atomic E-state index is 14.1. The molecule has 8 nitrogen and oxygen atoms in total. The van der Waals surface area contributed by atoms with E-state index in [-0.39, 0.29) is 11.6 Å². The van der Waals surface area contributed by atoms with Gasteiger partial charge >= 0.3 is 17.8 Å². The van der Waals surface area contributed by atoms with Gasteiger partial charge < -0.3 is 10.0 Å². The Kier molecular flexibility index (Phi) is 6.33. The van der Waals surface area contributed by atoms with E-state index >= 15 is 0 Å². The van der Waals surface area contributed by atoms with Gasteiger partial charge in [-0.25, -0.2) is 14.0 Å². The maximum atomic E-state index is 14.1. The fourth-order valence-electron chi connectivity index (χ4n) is 5.07. The zero-order valence-corrected chi connectivity index (χ0v) is 20.8. The van der Waals surface area contributed by atoms with E-state index in [1.54, 1.807) is 33.9 Å². The summed E-state index contributed by atoms with van der Waals surface area (Å²) in [5.74, 6) is -3.50. The van der Waals surface area contributed by atoms with Crippen LogP contribution in [0.15, 0.2) is 46.1 Å². The normalized spacial score (nSPS) is 14.6. The van der Waals surface area contributed by atoms with Gasteiger partial charge in [0, 0.05) is 18.9 Å². The van der Waals surface area contributed by atoms with E-state index in [1.807, 2.05) is 0 Å².